The van der Waals surface area contributed by atoms with Gasteiger partial charge in [-0.2, -0.15) is 5.10 Å². The lowest BCUT2D eigenvalue weighted by atomic mass is 10.1. The van der Waals surface area contributed by atoms with Crippen molar-refractivity contribution in [2.75, 3.05) is 11.4 Å². The van der Waals surface area contributed by atoms with Crippen LogP contribution in [0.25, 0.3) is 16.9 Å². The molecule has 9 heteroatoms. The number of sulfonamides is 1. The topological polar surface area (TPSA) is 84.6 Å². The van der Waals surface area contributed by atoms with Gasteiger partial charge in [0.05, 0.1) is 33.3 Å². The van der Waals surface area contributed by atoms with Crippen LogP contribution in [-0.2, 0) is 10.0 Å². The van der Waals surface area contributed by atoms with E-state index in [0.29, 0.717) is 34.6 Å². The van der Waals surface area contributed by atoms with Crippen LogP contribution < -0.4 is 4.31 Å². The minimum Gasteiger partial charge on any atom is -0.287 e. The van der Waals surface area contributed by atoms with Crippen molar-refractivity contribution in [1.82, 2.24) is 14.6 Å². The highest BCUT2D eigenvalue weighted by Gasteiger charge is 2.38. The van der Waals surface area contributed by atoms with Gasteiger partial charge in [-0.1, -0.05) is 18.2 Å². The summed E-state index contributed by atoms with van der Waals surface area (Å²) in [5.74, 6) is -0.117. The van der Waals surface area contributed by atoms with E-state index in [0.717, 1.165) is 11.3 Å². The number of fused-ring (bicyclic) bond motifs is 1. The Balaban J connectivity index is 1.57. The maximum Gasteiger partial charge on any atom is 0.237 e. The molecule has 0 amide bonds. The molecular weight excluding hydrogens is 420 g/mol. The molecule has 1 fully saturated rings. The average Bonchev–Trinajstić information content (AvgIpc) is 3.32. The molecule has 1 aliphatic rings. The molecular formula is C21H18N4O3S2. The van der Waals surface area contributed by atoms with Crippen molar-refractivity contribution < 1.29 is 13.2 Å². The second-order valence-corrected chi connectivity index (χ2v) is 10.4. The van der Waals surface area contributed by atoms with Crippen molar-refractivity contribution in [3.8, 4) is 11.3 Å². The zero-order chi connectivity index (χ0) is 20.9. The average molecular weight is 439 g/mol. The SMILES string of the molecule is CN(c1cccc(-c2ccnc3c(C(=O)c4cccs4)cnn23)c1)S(=O)(=O)C1CC1. The molecule has 0 atom stereocenters. The summed E-state index contributed by atoms with van der Waals surface area (Å²) in [6, 6.07) is 12.7. The highest BCUT2D eigenvalue weighted by atomic mass is 32.2. The van der Waals surface area contributed by atoms with Crippen LogP contribution in [0.1, 0.15) is 28.1 Å². The molecule has 1 saturated carbocycles. The molecule has 7 nitrogen and oxygen atoms in total. The number of benzene rings is 1. The van der Waals surface area contributed by atoms with Crippen molar-refractivity contribution in [2.24, 2.45) is 0 Å². The molecule has 4 aromatic rings. The summed E-state index contributed by atoms with van der Waals surface area (Å²) in [7, 11) is -1.75. The predicted octanol–water partition coefficient (Wildman–Crippen LogP) is 3.62. The predicted molar refractivity (Wildman–Crippen MR) is 117 cm³/mol. The van der Waals surface area contributed by atoms with Gasteiger partial charge in [-0.15, -0.1) is 11.3 Å². The fraction of sp³-hybridized carbons (Fsp3) is 0.190. The van der Waals surface area contributed by atoms with Crippen LogP contribution in [0.5, 0.6) is 0 Å². The summed E-state index contributed by atoms with van der Waals surface area (Å²) in [6.07, 6.45) is 4.59. The van der Waals surface area contributed by atoms with Gasteiger partial charge in [0.1, 0.15) is 0 Å². The number of carbonyl (C=O) groups is 1. The largest absolute Gasteiger partial charge is 0.287 e. The van der Waals surface area contributed by atoms with Crippen molar-refractivity contribution in [3.05, 3.63) is 70.7 Å². The van der Waals surface area contributed by atoms with Crippen LogP contribution in [0.2, 0.25) is 0 Å². The highest BCUT2D eigenvalue weighted by Crippen LogP contribution is 2.34. The van der Waals surface area contributed by atoms with E-state index in [1.807, 2.05) is 29.6 Å². The number of nitrogens with zero attached hydrogens (tertiary/aromatic N) is 4. The molecule has 3 heterocycles. The lowest BCUT2D eigenvalue weighted by molar-refractivity contribution is 0.104. The minimum absolute atomic E-state index is 0.117. The molecule has 1 aliphatic carbocycles. The Morgan fingerprint density at radius 1 is 1.20 bits per heavy atom. The van der Waals surface area contributed by atoms with Gasteiger partial charge >= 0.3 is 0 Å². The van der Waals surface area contributed by atoms with Crippen LogP contribution in [0.3, 0.4) is 0 Å². The molecule has 1 aromatic carbocycles. The van der Waals surface area contributed by atoms with E-state index >= 15 is 0 Å². The summed E-state index contributed by atoms with van der Waals surface area (Å²) in [5, 5.41) is 5.97. The fourth-order valence-corrected chi connectivity index (χ4v) is 5.67. The van der Waals surface area contributed by atoms with E-state index < -0.39 is 10.0 Å². The number of aromatic nitrogens is 3. The number of thiophene rings is 1. The van der Waals surface area contributed by atoms with Crippen molar-refractivity contribution in [1.29, 1.82) is 0 Å². The third-order valence-electron chi connectivity index (χ3n) is 5.22. The Kier molecular flexibility index (Phi) is 4.44. The maximum atomic E-state index is 12.8. The van der Waals surface area contributed by atoms with Gasteiger partial charge in [0.2, 0.25) is 15.8 Å². The minimum atomic E-state index is -3.34. The van der Waals surface area contributed by atoms with Gasteiger partial charge in [0.15, 0.2) is 5.65 Å². The molecule has 152 valence electrons. The summed E-state index contributed by atoms with van der Waals surface area (Å²) in [5.41, 5.74) is 3.01. The maximum absolute atomic E-state index is 12.8. The number of anilines is 1. The molecule has 0 saturated heterocycles. The van der Waals surface area contributed by atoms with Crippen molar-refractivity contribution in [2.45, 2.75) is 18.1 Å². The van der Waals surface area contributed by atoms with Crippen LogP contribution in [0.4, 0.5) is 5.69 Å². The summed E-state index contributed by atoms with van der Waals surface area (Å²) < 4.78 is 28.2. The first kappa shape index (κ1) is 19.0. The van der Waals surface area contributed by atoms with Crippen LogP contribution in [0, 0.1) is 0 Å². The zero-order valence-corrected chi connectivity index (χ0v) is 17.7. The Bertz CT molecular complexity index is 1360. The van der Waals surface area contributed by atoms with E-state index in [4.69, 9.17) is 0 Å². The van der Waals surface area contributed by atoms with E-state index in [2.05, 4.69) is 10.1 Å². The second-order valence-electron chi connectivity index (χ2n) is 7.19. The normalized spacial score (nSPS) is 14.2. The van der Waals surface area contributed by atoms with E-state index in [1.165, 1.54) is 21.8 Å². The molecule has 0 spiro atoms. The van der Waals surface area contributed by atoms with Gasteiger partial charge < -0.3 is 0 Å². The Labute approximate surface area is 177 Å². The van der Waals surface area contributed by atoms with Gasteiger partial charge in [-0.25, -0.2) is 17.9 Å². The standard InChI is InChI=1S/C21H18N4O3S2/c1-24(30(27,28)16-7-8-16)15-5-2-4-14(12-15)18-9-10-22-21-17(13-23-25(18)21)20(26)19-6-3-11-29-19/h2-6,9-13,16H,7-8H2,1H3. The van der Waals surface area contributed by atoms with E-state index in [-0.39, 0.29) is 11.0 Å². The smallest absolute Gasteiger partial charge is 0.237 e. The first-order valence-corrected chi connectivity index (χ1v) is 11.8. The first-order valence-electron chi connectivity index (χ1n) is 9.46. The molecule has 0 aliphatic heterocycles. The molecule has 0 bridgehead atoms. The van der Waals surface area contributed by atoms with Crippen molar-refractivity contribution in [3.63, 3.8) is 0 Å². The van der Waals surface area contributed by atoms with Crippen molar-refractivity contribution >= 4 is 38.5 Å². The third-order valence-corrected chi connectivity index (χ3v) is 8.38. The molecule has 3 aromatic heterocycles. The lowest BCUT2D eigenvalue weighted by Gasteiger charge is -2.20. The molecule has 0 N–H and O–H groups in total. The summed E-state index contributed by atoms with van der Waals surface area (Å²) in [6.45, 7) is 0. The molecule has 0 unspecified atom stereocenters. The van der Waals surface area contributed by atoms with Crippen LogP contribution in [0.15, 0.2) is 60.2 Å². The number of hydrogen-bond donors (Lipinski definition) is 0. The summed E-state index contributed by atoms with van der Waals surface area (Å²) >= 11 is 1.38. The molecule has 30 heavy (non-hydrogen) atoms. The molecule has 5 rings (SSSR count). The van der Waals surface area contributed by atoms with E-state index in [9.17, 15) is 13.2 Å². The van der Waals surface area contributed by atoms with Gasteiger partial charge in [-0.3, -0.25) is 9.10 Å². The monoisotopic (exact) mass is 438 g/mol. The lowest BCUT2D eigenvalue weighted by Crippen LogP contribution is -2.29. The number of carbonyl (C=O) groups excluding carboxylic acids is 1. The zero-order valence-electron chi connectivity index (χ0n) is 16.1. The highest BCUT2D eigenvalue weighted by molar-refractivity contribution is 7.93. The van der Waals surface area contributed by atoms with Gasteiger partial charge in [0, 0.05) is 18.8 Å². The van der Waals surface area contributed by atoms with Crippen LogP contribution >= 0.6 is 11.3 Å². The fourth-order valence-electron chi connectivity index (χ4n) is 3.41. The van der Waals surface area contributed by atoms with Crippen LogP contribution in [-0.4, -0.2) is 41.1 Å². The number of ketones is 1. The quantitative estimate of drug-likeness (QED) is 0.429. The number of hydrogen-bond acceptors (Lipinski definition) is 6. The Morgan fingerprint density at radius 3 is 2.77 bits per heavy atom. The van der Waals surface area contributed by atoms with Gasteiger partial charge in [0.25, 0.3) is 0 Å². The second kappa shape index (κ2) is 7.03. The third kappa shape index (κ3) is 3.10. The van der Waals surface area contributed by atoms with Gasteiger partial charge in [-0.05, 0) is 42.5 Å². The Hall–Kier alpha value is -3.04. The summed E-state index contributed by atoms with van der Waals surface area (Å²) in [4.78, 5) is 17.8. The Morgan fingerprint density at radius 2 is 2.03 bits per heavy atom. The first-order chi connectivity index (χ1) is 14.5. The number of rotatable bonds is 6. The molecule has 0 radical (unpaired) electrons. The van der Waals surface area contributed by atoms with E-state index in [1.54, 1.807) is 36.0 Å².